The van der Waals surface area contributed by atoms with Crippen molar-refractivity contribution in [2.24, 2.45) is 0 Å². The largest absolute Gasteiger partial charge is 0.369 e. The smallest absolute Gasteiger partial charge is 0.274 e. The minimum Gasteiger partial charge on any atom is -0.369 e. The van der Waals surface area contributed by atoms with Crippen molar-refractivity contribution in [3.8, 4) is 0 Å². The van der Waals surface area contributed by atoms with Gasteiger partial charge in [0, 0.05) is 25.9 Å². The molecule has 17 heavy (non-hydrogen) atoms. The Morgan fingerprint density at radius 2 is 2.24 bits per heavy atom. The number of rotatable bonds is 6. The number of aromatic nitrogens is 2. The van der Waals surface area contributed by atoms with Gasteiger partial charge in [0.2, 0.25) is 0 Å². The van der Waals surface area contributed by atoms with Crippen LogP contribution in [0.4, 0.5) is 5.82 Å². The van der Waals surface area contributed by atoms with Crippen LogP contribution in [0, 0.1) is 0 Å². The Kier molecular flexibility index (Phi) is 5.76. The zero-order valence-electron chi connectivity index (χ0n) is 10.4. The van der Waals surface area contributed by atoms with Crippen molar-refractivity contribution >= 4 is 23.5 Å². The van der Waals surface area contributed by atoms with Crippen LogP contribution >= 0.6 is 11.8 Å². The second-order valence-corrected chi connectivity index (χ2v) is 4.54. The molecule has 0 radical (unpaired) electrons. The summed E-state index contributed by atoms with van der Waals surface area (Å²) in [4.78, 5) is 13.6. The standard InChI is InChI=1S/C11H18N4OS/c1-4-12-10-6-5-9(13-14-10)11(16)15(2)7-8-17-3/h5-6H,4,7-8H2,1-3H3,(H,12,14). The molecule has 0 aliphatic heterocycles. The van der Waals surface area contributed by atoms with Gasteiger partial charge in [-0.1, -0.05) is 0 Å². The van der Waals surface area contributed by atoms with E-state index in [4.69, 9.17) is 0 Å². The molecular formula is C11H18N4OS. The fourth-order valence-corrected chi connectivity index (χ4v) is 1.70. The topological polar surface area (TPSA) is 58.1 Å². The zero-order valence-corrected chi connectivity index (χ0v) is 11.3. The molecule has 0 saturated heterocycles. The summed E-state index contributed by atoms with van der Waals surface area (Å²) in [7, 11) is 1.78. The summed E-state index contributed by atoms with van der Waals surface area (Å²) < 4.78 is 0. The number of anilines is 1. The number of nitrogens with zero attached hydrogens (tertiary/aromatic N) is 3. The van der Waals surface area contributed by atoms with Crippen LogP contribution in [0.25, 0.3) is 0 Å². The molecule has 5 nitrogen and oxygen atoms in total. The van der Waals surface area contributed by atoms with Crippen LogP contribution in [0.3, 0.4) is 0 Å². The summed E-state index contributed by atoms with van der Waals surface area (Å²) in [6, 6.07) is 3.47. The van der Waals surface area contributed by atoms with Crippen LogP contribution in [0.15, 0.2) is 12.1 Å². The van der Waals surface area contributed by atoms with E-state index in [-0.39, 0.29) is 5.91 Å². The Bertz CT molecular complexity index is 355. The second-order valence-electron chi connectivity index (χ2n) is 3.55. The lowest BCUT2D eigenvalue weighted by molar-refractivity contribution is 0.0797. The fourth-order valence-electron chi connectivity index (χ4n) is 1.25. The van der Waals surface area contributed by atoms with Gasteiger partial charge in [0.05, 0.1) is 0 Å². The molecule has 0 aromatic carbocycles. The van der Waals surface area contributed by atoms with Gasteiger partial charge in [-0.05, 0) is 25.3 Å². The first-order valence-corrected chi connectivity index (χ1v) is 6.90. The Morgan fingerprint density at radius 3 is 2.76 bits per heavy atom. The van der Waals surface area contributed by atoms with Crippen molar-refractivity contribution in [3.05, 3.63) is 17.8 Å². The second kappa shape index (κ2) is 7.11. The average Bonchev–Trinajstić information content (AvgIpc) is 2.36. The lowest BCUT2D eigenvalue weighted by Gasteiger charge is -2.15. The first-order chi connectivity index (χ1) is 8.19. The number of hydrogen-bond donors (Lipinski definition) is 1. The highest BCUT2D eigenvalue weighted by Crippen LogP contribution is 2.04. The summed E-state index contributed by atoms with van der Waals surface area (Å²) in [5.74, 6) is 1.52. The van der Waals surface area contributed by atoms with Crippen molar-refractivity contribution in [1.82, 2.24) is 15.1 Å². The van der Waals surface area contributed by atoms with Gasteiger partial charge in [-0.2, -0.15) is 11.8 Å². The van der Waals surface area contributed by atoms with Crippen molar-refractivity contribution in [2.45, 2.75) is 6.92 Å². The van der Waals surface area contributed by atoms with E-state index in [9.17, 15) is 4.79 Å². The van der Waals surface area contributed by atoms with Gasteiger partial charge in [0.1, 0.15) is 5.82 Å². The maximum atomic E-state index is 11.9. The molecule has 0 atom stereocenters. The van der Waals surface area contributed by atoms with E-state index in [2.05, 4.69) is 15.5 Å². The number of hydrogen-bond acceptors (Lipinski definition) is 5. The summed E-state index contributed by atoms with van der Waals surface area (Å²) in [6.07, 6.45) is 2.02. The Labute approximate surface area is 106 Å². The van der Waals surface area contributed by atoms with E-state index in [1.54, 1.807) is 35.8 Å². The van der Waals surface area contributed by atoms with Crippen LogP contribution in [-0.2, 0) is 0 Å². The van der Waals surface area contributed by atoms with Crippen LogP contribution in [0.2, 0.25) is 0 Å². The van der Waals surface area contributed by atoms with Crippen molar-refractivity contribution in [3.63, 3.8) is 0 Å². The monoisotopic (exact) mass is 254 g/mol. The fraction of sp³-hybridized carbons (Fsp3) is 0.545. The molecule has 1 amide bonds. The summed E-state index contributed by atoms with van der Waals surface area (Å²) in [5.41, 5.74) is 0.384. The maximum absolute atomic E-state index is 11.9. The number of carbonyl (C=O) groups excluding carboxylic acids is 1. The van der Waals surface area contributed by atoms with Gasteiger partial charge in [-0.15, -0.1) is 10.2 Å². The lowest BCUT2D eigenvalue weighted by atomic mass is 10.3. The zero-order chi connectivity index (χ0) is 12.7. The number of amides is 1. The molecular weight excluding hydrogens is 236 g/mol. The number of nitrogens with one attached hydrogen (secondary N) is 1. The van der Waals surface area contributed by atoms with E-state index >= 15 is 0 Å². The molecule has 0 aliphatic rings. The van der Waals surface area contributed by atoms with Crippen LogP contribution in [-0.4, -0.2) is 53.2 Å². The third-order valence-electron chi connectivity index (χ3n) is 2.22. The van der Waals surface area contributed by atoms with Gasteiger partial charge in [-0.25, -0.2) is 0 Å². The van der Waals surface area contributed by atoms with Crippen molar-refractivity contribution < 1.29 is 4.79 Å². The van der Waals surface area contributed by atoms with Gasteiger partial charge in [0.25, 0.3) is 5.91 Å². The third kappa shape index (κ3) is 4.22. The van der Waals surface area contributed by atoms with Gasteiger partial charge in [0.15, 0.2) is 5.69 Å². The molecule has 0 saturated carbocycles. The first-order valence-electron chi connectivity index (χ1n) is 5.51. The van der Waals surface area contributed by atoms with E-state index in [0.717, 1.165) is 18.8 Å². The Balaban J connectivity index is 2.62. The molecule has 1 rings (SSSR count). The van der Waals surface area contributed by atoms with E-state index in [0.29, 0.717) is 11.5 Å². The summed E-state index contributed by atoms with van der Waals surface area (Å²) >= 11 is 1.71. The molecule has 0 unspecified atom stereocenters. The highest BCUT2D eigenvalue weighted by atomic mass is 32.2. The Hall–Kier alpha value is -1.30. The lowest BCUT2D eigenvalue weighted by Crippen LogP contribution is -2.29. The van der Waals surface area contributed by atoms with Crippen LogP contribution < -0.4 is 5.32 Å². The third-order valence-corrected chi connectivity index (χ3v) is 2.81. The molecule has 1 N–H and O–H groups in total. The van der Waals surface area contributed by atoms with Crippen molar-refractivity contribution in [2.75, 3.05) is 37.5 Å². The summed E-state index contributed by atoms with van der Waals surface area (Å²) in [6.45, 7) is 3.49. The highest BCUT2D eigenvalue weighted by molar-refractivity contribution is 7.98. The number of carbonyl (C=O) groups is 1. The predicted molar refractivity (Wildman–Crippen MR) is 71.5 cm³/mol. The summed E-state index contributed by atoms with van der Waals surface area (Å²) in [5, 5.41) is 10.9. The quantitative estimate of drug-likeness (QED) is 0.830. The van der Waals surface area contributed by atoms with E-state index in [1.165, 1.54) is 0 Å². The minimum atomic E-state index is -0.0883. The first kappa shape index (κ1) is 13.8. The molecule has 1 aromatic heterocycles. The maximum Gasteiger partial charge on any atom is 0.274 e. The molecule has 0 spiro atoms. The van der Waals surface area contributed by atoms with Gasteiger partial charge < -0.3 is 10.2 Å². The van der Waals surface area contributed by atoms with Gasteiger partial charge >= 0.3 is 0 Å². The highest BCUT2D eigenvalue weighted by Gasteiger charge is 2.12. The van der Waals surface area contributed by atoms with E-state index in [1.807, 2.05) is 13.2 Å². The normalized spacial score (nSPS) is 10.1. The van der Waals surface area contributed by atoms with Gasteiger partial charge in [-0.3, -0.25) is 4.79 Å². The van der Waals surface area contributed by atoms with Crippen molar-refractivity contribution in [1.29, 1.82) is 0 Å². The molecule has 0 aliphatic carbocycles. The molecule has 94 valence electrons. The average molecular weight is 254 g/mol. The van der Waals surface area contributed by atoms with Crippen LogP contribution in [0.1, 0.15) is 17.4 Å². The molecule has 1 aromatic rings. The molecule has 0 bridgehead atoms. The SMILES string of the molecule is CCNc1ccc(C(=O)N(C)CCSC)nn1. The van der Waals surface area contributed by atoms with Crippen LogP contribution in [0.5, 0.6) is 0 Å². The predicted octanol–water partition coefficient (Wildman–Crippen LogP) is 1.34. The molecule has 6 heteroatoms. The molecule has 1 heterocycles. The van der Waals surface area contributed by atoms with E-state index < -0.39 is 0 Å². The molecule has 0 fully saturated rings. The Morgan fingerprint density at radius 1 is 1.47 bits per heavy atom. The minimum absolute atomic E-state index is 0.0883. The number of thioether (sulfide) groups is 1.